The lowest BCUT2D eigenvalue weighted by molar-refractivity contribution is 0.0938. The number of aromatic nitrogens is 3. The van der Waals surface area contributed by atoms with Crippen LogP contribution in [0.15, 0.2) is 36.7 Å². The van der Waals surface area contributed by atoms with E-state index in [1.165, 1.54) is 0 Å². The second-order valence-corrected chi connectivity index (χ2v) is 4.57. The van der Waals surface area contributed by atoms with E-state index in [1.54, 1.807) is 18.5 Å². The van der Waals surface area contributed by atoms with Crippen molar-refractivity contribution in [2.75, 3.05) is 5.32 Å². The predicted molar refractivity (Wildman–Crippen MR) is 76.2 cm³/mol. The van der Waals surface area contributed by atoms with Gasteiger partial charge in [-0.3, -0.25) is 9.78 Å². The van der Waals surface area contributed by atoms with Crippen LogP contribution >= 0.6 is 0 Å². The summed E-state index contributed by atoms with van der Waals surface area (Å²) >= 11 is 0. The highest BCUT2D eigenvalue weighted by Crippen LogP contribution is 2.03. The first kappa shape index (κ1) is 13.9. The molecule has 20 heavy (non-hydrogen) atoms. The van der Waals surface area contributed by atoms with Crippen molar-refractivity contribution in [3.63, 3.8) is 0 Å². The molecule has 0 saturated carbocycles. The Labute approximate surface area is 117 Å². The number of anilines is 1. The minimum absolute atomic E-state index is 0.0717. The van der Waals surface area contributed by atoms with Gasteiger partial charge in [-0.15, -0.1) is 0 Å². The zero-order valence-electron chi connectivity index (χ0n) is 11.5. The highest BCUT2D eigenvalue weighted by molar-refractivity contribution is 5.92. The van der Waals surface area contributed by atoms with Gasteiger partial charge in [0.05, 0.1) is 12.2 Å². The van der Waals surface area contributed by atoms with E-state index < -0.39 is 0 Å². The third kappa shape index (κ3) is 4.01. The molecule has 0 fully saturated rings. The van der Waals surface area contributed by atoms with Gasteiger partial charge in [0.25, 0.3) is 5.91 Å². The Kier molecular flexibility index (Phi) is 4.60. The van der Waals surface area contributed by atoms with E-state index in [2.05, 4.69) is 25.6 Å². The molecule has 0 spiro atoms. The van der Waals surface area contributed by atoms with Crippen LogP contribution in [0.25, 0.3) is 0 Å². The molecular weight excluding hydrogens is 254 g/mol. The van der Waals surface area contributed by atoms with Gasteiger partial charge in [-0.2, -0.15) is 0 Å². The molecule has 0 aliphatic carbocycles. The molecule has 6 heteroatoms. The summed E-state index contributed by atoms with van der Waals surface area (Å²) in [5, 5.41) is 5.84. The third-order valence-corrected chi connectivity index (χ3v) is 2.46. The molecule has 0 atom stereocenters. The van der Waals surface area contributed by atoms with Crippen LogP contribution in [0.3, 0.4) is 0 Å². The van der Waals surface area contributed by atoms with Crippen molar-refractivity contribution in [2.45, 2.75) is 26.4 Å². The second-order valence-electron chi connectivity index (χ2n) is 4.57. The smallest absolute Gasteiger partial charge is 0.270 e. The van der Waals surface area contributed by atoms with E-state index in [0.717, 1.165) is 5.69 Å². The number of carbonyl (C=O) groups is 1. The van der Waals surface area contributed by atoms with Crippen LogP contribution in [0.4, 0.5) is 5.95 Å². The molecule has 2 rings (SSSR count). The molecule has 6 nitrogen and oxygen atoms in total. The molecule has 0 saturated heterocycles. The monoisotopic (exact) mass is 271 g/mol. The average molecular weight is 271 g/mol. The molecule has 0 bridgehead atoms. The van der Waals surface area contributed by atoms with Crippen molar-refractivity contribution in [1.29, 1.82) is 0 Å². The van der Waals surface area contributed by atoms with Crippen molar-refractivity contribution in [1.82, 2.24) is 20.3 Å². The standard InChI is InChI=1S/C14H17N5O/c1-10(2)18-13(20)12-6-8-16-14(19-12)17-9-11-5-3-4-7-15-11/h3-8,10H,9H2,1-2H3,(H,18,20)(H,16,17,19). The number of pyridine rings is 1. The Hall–Kier alpha value is -2.50. The summed E-state index contributed by atoms with van der Waals surface area (Å²) in [6.07, 6.45) is 3.29. The molecule has 0 aliphatic heterocycles. The molecule has 0 aromatic carbocycles. The topological polar surface area (TPSA) is 79.8 Å². The normalized spacial score (nSPS) is 10.3. The lowest BCUT2D eigenvalue weighted by Crippen LogP contribution is -2.30. The van der Waals surface area contributed by atoms with Crippen LogP contribution in [0.2, 0.25) is 0 Å². The van der Waals surface area contributed by atoms with Crippen molar-refractivity contribution >= 4 is 11.9 Å². The summed E-state index contributed by atoms with van der Waals surface area (Å²) in [5.41, 5.74) is 1.23. The lowest BCUT2D eigenvalue weighted by atomic mass is 10.3. The number of carbonyl (C=O) groups excluding carboxylic acids is 1. The van der Waals surface area contributed by atoms with Gasteiger partial charge in [-0.05, 0) is 32.0 Å². The molecule has 1 amide bonds. The molecule has 0 radical (unpaired) electrons. The minimum Gasteiger partial charge on any atom is -0.349 e. The highest BCUT2D eigenvalue weighted by atomic mass is 16.1. The quantitative estimate of drug-likeness (QED) is 0.864. The van der Waals surface area contributed by atoms with Crippen LogP contribution in [0, 0.1) is 0 Å². The van der Waals surface area contributed by atoms with Gasteiger partial charge in [0.1, 0.15) is 5.69 Å². The molecular formula is C14H17N5O. The van der Waals surface area contributed by atoms with Crippen molar-refractivity contribution in [3.05, 3.63) is 48.0 Å². The fraction of sp³-hybridized carbons (Fsp3) is 0.286. The first-order valence-electron chi connectivity index (χ1n) is 6.43. The fourth-order valence-electron chi connectivity index (χ4n) is 1.58. The van der Waals surface area contributed by atoms with Gasteiger partial charge in [0, 0.05) is 18.4 Å². The number of rotatable bonds is 5. The SMILES string of the molecule is CC(C)NC(=O)c1ccnc(NCc2ccccn2)n1. The summed E-state index contributed by atoms with van der Waals surface area (Å²) in [6.45, 7) is 4.31. The first-order chi connectivity index (χ1) is 9.65. The summed E-state index contributed by atoms with van der Waals surface area (Å²) < 4.78 is 0. The number of amides is 1. The van der Waals surface area contributed by atoms with E-state index in [4.69, 9.17) is 0 Å². The maximum Gasteiger partial charge on any atom is 0.270 e. The van der Waals surface area contributed by atoms with Crippen molar-refractivity contribution in [2.24, 2.45) is 0 Å². The van der Waals surface area contributed by atoms with Gasteiger partial charge in [0.2, 0.25) is 5.95 Å². The molecule has 0 aliphatic rings. The Morgan fingerprint density at radius 1 is 1.20 bits per heavy atom. The van der Waals surface area contributed by atoms with Crippen LogP contribution in [-0.2, 0) is 6.54 Å². The van der Waals surface area contributed by atoms with E-state index in [-0.39, 0.29) is 11.9 Å². The summed E-state index contributed by atoms with van der Waals surface area (Å²) in [7, 11) is 0. The molecule has 2 aromatic heterocycles. The predicted octanol–water partition coefficient (Wildman–Crippen LogP) is 1.62. The first-order valence-corrected chi connectivity index (χ1v) is 6.43. The van der Waals surface area contributed by atoms with Crippen LogP contribution in [0.1, 0.15) is 30.0 Å². The van der Waals surface area contributed by atoms with Gasteiger partial charge in [-0.1, -0.05) is 6.07 Å². The largest absolute Gasteiger partial charge is 0.349 e. The molecule has 2 aromatic rings. The number of nitrogens with zero attached hydrogens (tertiary/aromatic N) is 3. The Balaban J connectivity index is 2.01. The second kappa shape index (κ2) is 6.60. The summed E-state index contributed by atoms with van der Waals surface area (Å²) in [4.78, 5) is 24.3. The maximum atomic E-state index is 11.8. The van der Waals surface area contributed by atoms with Crippen LogP contribution in [-0.4, -0.2) is 26.9 Å². The van der Waals surface area contributed by atoms with E-state index in [0.29, 0.717) is 18.2 Å². The van der Waals surface area contributed by atoms with Crippen LogP contribution < -0.4 is 10.6 Å². The van der Waals surface area contributed by atoms with Crippen molar-refractivity contribution in [3.8, 4) is 0 Å². The maximum absolute atomic E-state index is 11.8. The fourth-order valence-corrected chi connectivity index (χ4v) is 1.58. The third-order valence-electron chi connectivity index (χ3n) is 2.46. The van der Waals surface area contributed by atoms with Gasteiger partial charge in [0.15, 0.2) is 0 Å². The van der Waals surface area contributed by atoms with E-state index >= 15 is 0 Å². The minimum atomic E-state index is -0.205. The van der Waals surface area contributed by atoms with Gasteiger partial charge in [-0.25, -0.2) is 9.97 Å². The zero-order valence-corrected chi connectivity index (χ0v) is 11.5. The van der Waals surface area contributed by atoms with Crippen molar-refractivity contribution < 1.29 is 4.79 Å². The molecule has 2 N–H and O–H groups in total. The van der Waals surface area contributed by atoms with E-state index in [1.807, 2.05) is 32.0 Å². The summed E-state index contributed by atoms with van der Waals surface area (Å²) in [6, 6.07) is 7.34. The highest BCUT2D eigenvalue weighted by Gasteiger charge is 2.09. The lowest BCUT2D eigenvalue weighted by Gasteiger charge is -2.09. The average Bonchev–Trinajstić information content (AvgIpc) is 2.46. The van der Waals surface area contributed by atoms with Gasteiger partial charge >= 0.3 is 0 Å². The van der Waals surface area contributed by atoms with Gasteiger partial charge < -0.3 is 10.6 Å². The Morgan fingerprint density at radius 3 is 2.75 bits per heavy atom. The number of nitrogens with one attached hydrogen (secondary N) is 2. The Morgan fingerprint density at radius 2 is 2.05 bits per heavy atom. The van der Waals surface area contributed by atoms with E-state index in [9.17, 15) is 4.79 Å². The zero-order chi connectivity index (χ0) is 14.4. The number of hydrogen-bond donors (Lipinski definition) is 2. The number of hydrogen-bond acceptors (Lipinski definition) is 5. The molecule has 2 heterocycles. The summed E-state index contributed by atoms with van der Waals surface area (Å²) in [5.74, 6) is 0.204. The molecule has 104 valence electrons. The van der Waals surface area contributed by atoms with Crippen LogP contribution in [0.5, 0.6) is 0 Å². The molecule has 0 unspecified atom stereocenters. The Bertz CT molecular complexity index is 571.